The molecule has 0 aliphatic rings. The number of nitrogens with one attached hydrogen (secondary N) is 1. The maximum Gasteiger partial charge on any atom is 0.192 e. The zero-order valence-corrected chi connectivity index (χ0v) is 9.97. The van der Waals surface area contributed by atoms with Crippen molar-refractivity contribution in [2.24, 2.45) is 0 Å². The third-order valence-electron chi connectivity index (χ3n) is 3.00. The number of rotatable bonds is 1. The fraction of sp³-hybridized carbons (Fsp3) is 0.308. The van der Waals surface area contributed by atoms with E-state index in [1.54, 1.807) is 13.2 Å². The van der Waals surface area contributed by atoms with Crippen LogP contribution in [0.15, 0.2) is 16.9 Å². The molecule has 1 aromatic heterocycles. The highest BCUT2D eigenvalue weighted by molar-refractivity contribution is 5.84. The average molecular weight is 217 g/mol. The summed E-state index contributed by atoms with van der Waals surface area (Å²) in [4.78, 5) is 15.4. The smallest absolute Gasteiger partial charge is 0.192 e. The molecule has 0 radical (unpaired) electrons. The Labute approximate surface area is 94.1 Å². The van der Waals surface area contributed by atoms with Crippen LogP contribution in [-0.4, -0.2) is 12.1 Å². The van der Waals surface area contributed by atoms with E-state index in [9.17, 15) is 4.79 Å². The van der Waals surface area contributed by atoms with E-state index in [0.717, 1.165) is 28.1 Å². The number of aromatic nitrogens is 1. The molecule has 0 saturated heterocycles. The second kappa shape index (κ2) is 3.67. The van der Waals surface area contributed by atoms with Gasteiger partial charge >= 0.3 is 0 Å². The molecule has 0 amide bonds. The summed E-state index contributed by atoms with van der Waals surface area (Å²) in [7, 11) is 1.61. The van der Waals surface area contributed by atoms with Gasteiger partial charge in [-0.3, -0.25) is 4.79 Å². The number of benzene rings is 1. The molecule has 1 N–H and O–H groups in total. The van der Waals surface area contributed by atoms with E-state index in [4.69, 9.17) is 4.74 Å². The Morgan fingerprint density at radius 2 is 1.88 bits per heavy atom. The first kappa shape index (κ1) is 10.7. The number of ether oxygens (including phenoxy) is 1. The normalized spacial score (nSPS) is 10.8. The molecule has 1 aromatic carbocycles. The fourth-order valence-corrected chi connectivity index (χ4v) is 1.87. The fourth-order valence-electron chi connectivity index (χ4n) is 1.87. The molecule has 0 atom stereocenters. The van der Waals surface area contributed by atoms with Crippen LogP contribution in [0.4, 0.5) is 0 Å². The molecule has 3 nitrogen and oxygen atoms in total. The average Bonchev–Trinajstić information content (AvgIpc) is 2.27. The van der Waals surface area contributed by atoms with Crippen molar-refractivity contribution in [3.63, 3.8) is 0 Å². The molecule has 0 unspecified atom stereocenters. The molecule has 0 fully saturated rings. The van der Waals surface area contributed by atoms with Crippen LogP contribution in [0.25, 0.3) is 10.9 Å². The van der Waals surface area contributed by atoms with Crippen LogP contribution in [0.1, 0.15) is 16.8 Å². The first-order valence-electron chi connectivity index (χ1n) is 5.22. The van der Waals surface area contributed by atoms with Gasteiger partial charge in [-0.2, -0.15) is 0 Å². The van der Waals surface area contributed by atoms with E-state index in [0.29, 0.717) is 5.39 Å². The minimum atomic E-state index is 0.0771. The summed E-state index contributed by atoms with van der Waals surface area (Å²) in [6, 6.07) is 3.71. The zero-order valence-electron chi connectivity index (χ0n) is 9.97. The van der Waals surface area contributed by atoms with Crippen molar-refractivity contribution in [2.75, 3.05) is 7.11 Å². The van der Waals surface area contributed by atoms with Gasteiger partial charge in [0.1, 0.15) is 5.75 Å². The number of hydrogen-bond acceptors (Lipinski definition) is 2. The number of aromatic amines is 1. The van der Waals surface area contributed by atoms with Crippen LogP contribution in [0, 0.1) is 20.8 Å². The van der Waals surface area contributed by atoms with Gasteiger partial charge in [-0.05, 0) is 38.5 Å². The van der Waals surface area contributed by atoms with Crippen molar-refractivity contribution >= 4 is 10.9 Å². The van der Waals surface area contributed by atoms with Gasteiger partial charge in [0.2, 0.25) is 0 Å². The molecule has 0 aliphatic carbocycles. The summed E-state index contributed by atoms with van der Waals surface area (Å²) in [6.07, 6.45) is 0. The van der Waals surface area contributed by atoms with Crippen molar-refractivity contribution in [3.05, 3.63) is 39.2 Å². The third-order valence-corrected chi connectivity index (χ3v) is 3.00. The van der Waals surface area contributed by atoms with Gasteiger partial charge in [-0.25, -0.2) is 0 Å². The number of hydrogen-bond donors (Lipinski definition) is 1. The molecule has 0 spiro atoms. The highest BCUT2D eigenvalue weighted by Gasteiger charge is 2.08. The van der Waals surface area contributed by atoms with Crippen LogP contribution in [0.3, 0.4) is 0 Å². The molecular weight excluding hydrogens is 202 g/mol. The first-order valence-corrected chi connectivity index (χ1v) is 5.22. The molecule has 2 rings (SSSR count). The van der Waals surface area contributed by atoms with Gasteiger partial charge in [-0.1, -0.05) is 0 Å². The molecule has 3 heteroatoms. The highest BCUT2D eigenvalue weighted by Crippen LogP contribution is 2.22. The Kier molecular flexibility index (Phi) is 2.46. The van der Waals surface area contributed by atoms with Crippen molar-refractivity contribution in [1.82, 2.24) is 4.98 Å². The summed E-state index contributed by atoms with van der Waals surface area (Å²) in [6.45, 7) is 5.72. The SMILES string of the molecule is COc1cc(C)c2[nH]c(C)c(C)c(=O)c2c1. The standard InChI is InChI=1S/C13H15NO2/c1-7-5-10(16-4)6-11-12(7)14-9(3)8(2)13(11)15/h5-6H,1-4H3,(H,14,15). The van der Waals surface area contributed by atoms with E-state index in [2.05, 4.69) is 4.98 Å². The Balaban J connectivity index is 2.97. The molecule has 84 valence electrons. The minimum absolute atomic E-state index is 0.0771. The number of aryl methyl sites for hydroxylation is 2. The summed E-state index contributed by atoms with van der Waals surface area (Å²) < 4.78 is 5.18. The number of H-pyrrole nitrogens is 1. The molecule has 0 saturated carbocycles. The maximum absolute atomic E-state index is 12.1. The molecular formula is C13H15NO2. The Bertz CT molecular complexity index is 611. The van der Waals surface area contributed by atoms with Gasteiger partial charge in [0.05, 0.1) is 12.6 Å². The Hall–Kier alpha value is -1.77. The molecule has 16 heavy (non-hydrogen) atoms. The second-order valence-corrected chi connectivity index (χ2v) is 4.07. The van der Waals surface area contributed by atoms with E-state index >= 15 is 0 Å². The zero-order chi connectivity index (χ0) is 11.9. The molecule has 0 bridgehead atoms. The first-order chi connectivity index (χ1) is 7.54. The quantitative estimate of drug-likeness (QED) is 0.797. The topological polar surface area (TPSA) is 42.1 Å². The van der Waals surface area contributed by atoms with Gasteiger partial charge in [0, 0.05) is 16.6 Å². The summed E-state index contributed by atoms with van der Waals surface area (Å²) >= 11 is 0. The molecule has 0 aliphatic heterocycles. The monoisotopic (exact) mass is 217 g/mol. The van der Waals surface area contributed by atoms with Gasteiger partial charge in [0.25, 0.3) is 0 Å². The number of pyridine rings is 1. The second-order valence-electron chi connectivity index (χ2n) is 4.07. The predicted octanol–water partition coefficient (Wildman–Crippen LogP) is 2.46. The maximum atomic E-state index is 12.1. The van der Waals surface area contributed by atoms with Crippen molar-refractivity contribution in [1.29, 1.82) is 0 Å². The lowest BCUT2D eigenvalue weighted by molar-refractivity contribution is 0.415. The minimum Gasteiger partial charge on any atom is -0.497 e. The summed E-state index contributed by atoms with van der Waals surface area (Å²) in [5.74, 6) is 0.721. The van der Waals surface area contributed by atoms with Crippen molar-refractivity contribution in [3.8, 4) is 5.75 Å². The van der Waals surface area contributed by atoms with Crippen LogP contribution < -0.4 is 10.2 Å². The lowest BCUT2D eigenvalue weighted by Gasteiger charge is -2.09. The molecule has 2 aromatic rings. The third kappa shape index (κ3) is 1.48. The number of fused-ring (bicyclic) bond motifs is 1. The van der Waals surface area contributed by atoms with Gasteiger partial charge < -0.3 is 9.72 Å². The van der Waals surface area contributed by atoms with E-state index in [-0.39, 0.29) is 5.43 Å². The number of methoxy groups -OCH3 is 1. The van der Waals surface area contributed by atoms with Crippen LogP contribution in [0.5, 0.6) is 5.75 Å². The van der Waals surface area contributed by atoms with Crippen LogP contribution in [-0.2, 0) is 0 Å². The Morgan fingerprint density at radius 3 is 2.50 bits per heavy atom. The van der Waals surface area contributed by atoms with E-state index < -0.39 is 0 Å². The van der Waals surface area contributed by atoms with Crippen LogP contribution in [0.2, 0.25) is 0 Å². The highest BCUT2D eigenvalue weighted by atomic mass is 16.5. The largest absolute Gasteiger partial charge is 0.497 e. The lowest BCUT2D eigenvalue weighted by atomic mass is 10.1. The van der Waals surface area contributed by atoms with Crippen molar-refractivity contribution in [2.45, 2.75) is 20.8 Å². The van der Waals surface area contributed by atoms with Crippen molar-refractivity contribution < 1.29 is 4.74 Å². The Morgan fingerprint density at radius 1 is 1.19 bits per heavy atom. The predicted molar refractivity (Wildman–Crippen MR) is 65.3 cm³/mol. The van der Waals surface area contributed by atoms with Crippen LogP contribution >= 0.6 is 0 Å². The van der Waals surface area contributed by atoms with Gasteiger partial charge in [-0.15, -0.1) is 0 Å². The van der Waals surface area contributed by atoms with Gasteiger partial charge in [0.15, 0.2) is 5.43 Å². The summed E-state index contributed by atoms with van der Waals surface area (Å²) in [5.41, 5.74) is 3.68. The van der Waals surface area contributed by atoms with E-state index in [1.807, 2.05) is 26.8 Å². The summed E-state index contributed by atoms with van der Waals surface area (Å²) in [5, 5.41) is 0.694. The molecule has 1 heterocycles. The van der Waals surface area contributed by atoms with E-state index in [1.165, 1.54) is 0 Å². The lowest BCUT2D eigenvalue weighted by Crippen LogP contribution is -2.10.